The molecule has 1 saturated heterocycles. The number of carbonyl (C=O) groups is 1. The van der Waals surface area contributed by atoms with Gasteiger partial charge in [0.25, 0.3) is 5.91 Å². The van der Waals surface area contributed by atoms with Gasteiger partial charge in [0.05, 0.1) is 11.1 Å². The minimum atomic E-state index is -0.406. The van der Waals surface area contributed by atoms with Crippen LogP contribution in [-0.2, 0) is 0 Å². The van der Waals surface area contributed by atoms with Gasteiger partial charge in [0, 0.05) is 45.2 Å². The van der Waals surface area contributed by atoms with Crippen LogP contribution in [0.1, 0.15) is 41.6 Å². The molecule has 1 fully saturated rings. The van der Waals surface area contributed by atoms with Crippen molar-refractivity contribution in [1.29, 1.82) is 0 Å². The zero-order valence-corrected chi connectivity index (χ0v) is 18.7. The fourth-order valence-corrected chi connectivity index (χ4v) is 5.79. The van der Waals surface area contributed by atoms with Crippen molar-refractivity contribution in [3.63, 3.8) is 0 Å². The molecule has 7 heteroatoms. The maximum Gasteiger partial charge on any atom is 0.250 e. The molecule has 0 saturated carbocycles. The van der Waals surface area contributed by atoms with Gasteiger partial charge in [-0.25, -0.2) is 0 Å². The number of nitrogens with one attached hydrogen (secondary N) is 1. The molecule has 0 bridgehead atoms. The van der Waals surface area contributed by atoms with Crippen molar-refractivity contribution in [2.45, 2.75) is 35.5 Å². The lowest BCUT2D eigenvalue weighted by Crippen LogP contribution is -2.27. The Labute approximate surface area is 184 Å². The first-order valence-corrected chi connectivity index (χ1v) is 11.9. The van der Waals surface area contributed by atoms with E-state index in [0.717, 1.165) is 52.4 Å². The predicted octanol–water partition coefficient (Wildman–Crippen LogP) is 5.92. The van der Waals surface area contributed by atoms with Crippen molar-refractivity contribution in [2.75, 3.05) is 18.8 Å². The fourth-order valence-electron chi connectivity index (χ4n) is 3.93. The van der Waals surface area contributed by atoms with Gasteiger partial charge in [0.2, 0.25) is 0 Å². The summed E-state index contributed by atoms with van der Waals surface area (Å²) in [6, 6.07) is 11.8. The molecule has 0 spiro atoms. The normalized spacial score (nSPS) is 15.8. The topological polar surface area (TPSA) is 62.1 Å². The van der Waals surface area contributed by atoms with Gasteiger partial charge >= 0.3 is 0 Å². The van der Waals surface area contributed by atoms with Gasteiger partial charge in [-0.05, 0) is 60.7 Å². The number of piperidine rings is 1. The van der Waals surface area contributed by atoms with E-state index < -0.39 is 5.91 Å². The summed E-state index contributed by atoms with van der Waals surface area (Å²) in [5, 5.41) is 1.82. The lowest BCUT2D eigenvalue weighted by molar-refractivity contribution is 0.100. The summed E-state index contributed by atoms with van der Waals surface area (Å²) in [6.07, 6.45) is 4.32. The zero-order valence-electron chi connectivity index (χ0n) is 16.3. The van der Waals surface area contributed by atoms with Crippen molar-refractivity contribution in [3.8, 4) is 0 Å². The van der Waals surface area contributed by atoms with E-state index in [1.54, 1.807) is 11.8 Å². The van der Waals surface area contributed by atoms with Crippen LogP contribution in [0.25, 0.3) is 10.9 Å². The van der Waals surface area contributed by atoms with Crippen LogP contribution in [0.2, 0.25) is 5.02 Å². The Kier molecular flexibility index (Phi) is 6.44. The molecule has 1 aliphatic heterocycles. The van der Waals surface area contributed by atoms with Gasteiger partial charge in [-0.2, -0.15) is 0 Å². The van der Waals surface area contributed by atoms with E-state index in [2.05, 4.69) is 28.5 Å². The van der Waals surface area contributed by atoms with Crippen LogP contribution in [0, 0.1) is 0 Å². The number of hydrogen-bond acceptors (Lipinski definition) is 4. The second kappa shape index (κ2) is 9.04. The average molecular weight is 446 g/mol. The first-order chi connectivity index (χ1) is 14.0. The number of aromatic nitrogens is 1. The van der Waals surface area contributed by atoms with Crippen LogP contribution in [0.15, 0.2) is 52.4 Å². The quantitative estimate of drug-likeness (QED) is 0.462. The van der Waals surface area contributed by atoms with E-state index >= 15 is 0 Å². The van der Waals surface area contributed by atoms with Crippen LogP contribution in [0.3, 0.4) is 0 Å². The Hall–Kier alpha value is -1.60. The SMILES string of the molecule is CCSN1CCC(c2c[nH]c3c(C(N)=O)cc(Sc4ccc(Cl)cc4)cc23)CC1. The fraction of sp³-hybridized carbons (Fsp3) is 0.318. The van der Waals surface area contributed by atoms with E-state index in [9.17, 15) is 4.79 Å². The third-order valence-corrected chi connectivity index (χ3v) is 7.53. The second-order valence-electron chi connectivity index (χ2n) is 7.18. The number of nitrogens with zero attached hydrogens (tertiary/aromatic N) is 1. The van der Waals surface area contributed by atoms with E-state index in [0.29, 0.717) is 16.5 Å². The molecule has 4 rings (SSSR count). The average Bonchev–Trinajstić information content (AvgIpc) is 3.14. The highest BCUT2D eigenvalue weighted by Gasteiger charge is 2.24. The number of carbonyl (C=O) groups excluding carboxylic acids is 1. The standard InChI is InChI=1S/C22H24ClN3OS2/c1-2-28-26-9-7-14(8-10-26)20-13-25-21-18(20)11-17(12-19(21)22(24)27)29-16-5-3-15(23)4-6-16/h3-6,11-14,25H,2,7-10H2,1H3,(H2,24,27). The molecule has 1 amide bonds. The number of rotatable bonds is 6. The summed E-state index contributed by atoms with van der Waals surface area (Å²) in [5.41, 5.74) is 8.39. The van der Waals surface area contributed by atoms with Crippen molar-refractivity contribution in [2.24, 2.45) is 5.73 Å². The largest absolute Gasteiger partial charge is 0.366 e. The molecular weight excluding hydrogens is 422 g/mol. The third-order valence-electron chi connectivity index (χ3n) is 5.32. The molecule has 1 aromatic heterocycles. The van der Waals surface area contributed by atoms with Crippen LogP contribution >= 0.6 is 35.3 Å². The molecule has 4 nitrogen and oxygen atoms in total. The summed E-state index contributed by atoms with van der Waals surface area (Å²) in [6.45, 7) is 4.39. The number of amides is 1. The number of hydrogen-bond donors (Lipinski definition) is 2. The van der Waals surface area contributed by atoms with Crippen molar-refractivity contribution in [3.05, 3.63) is 58.7 Å². The maximum absolute atomic E-state index is 12.1. The van der Waals surface area contributed by atoms with Gasteiger partial charge in [0.15, 0.2) is 0 Å². The molecular formula is C22H24ClN3OS2. The van der Waals surface area contributed by atoms with Gasteiger partial charge in [0.1, 0.15) is 0 Å². The predicted molar refractivity (Wildman–Crippen MR) is 124 cm³/mol. The highest BCUT2D eigenvalue weighted by Crippen LogP contribution is 2.38. The molecule has 0 atom stereocenters. The third kappa shape index (κ3) is 4.61. The van der Waals surface area contributed by atoms with Crippen molar-refractivity contribution < 1.29 is 4.79 Å². The van der Waals surface area contributed by atoms with Crippen LogP contribution in [-0.4, -0.2) is 34.0 Å². The van der Waals surface area contributed by atoms with Crippen molar-refractivity contribution in [1.82, 2.24) is 9.29 Å². The summed E-state index contributed by atoms with van der Waals surface area (Å²) in [4.78, 5) is 17.5. The molecule has 29 heavy (non-hydrogen) atoms. The number of H-pyrrole nitrogens is 1. The van der Waals surface area contributed by atoms with E-state index in [4.69, 9.17) is 17.3 Å². The summed E-state index contributed by atoms with van der Waals surface area (Å²) in [7, 11) is 0. The number of halogens is 1. The first kappa shape index (κ1) is 20.7. The Morgan fingerprint density at radius 3 is 2.59 bits per heavy atom. The molecule has 3 aromatic rings. The molecule has 152 valence electrons. The number of fused-ring (bicyclic) bond motifs is 1. The van der Waals surface area contributed by atoms with Gasteiger partial charge in [-0.15, -0.1) is 0 Å². The molecule has 2 aromatic carbocycles. The zero-order chi connectivity index (χ0) is 20.4. The summed E-state index contributed by atoms with van der Waals surface area (Å²) >= 11 is 9.54. The van der Waals surface area contributed by atoms with E-state index in [1.165, 1.54) is 5.56 Å². The smallest absolute Gasteiger partial charge is 0.250 e. The number of nitrogens with two attached hydrogens (primary N) is 1. The lowest BCUT2D eigenvalue weighted by atomic mass is 9.89. The number of primary amides is 1. The van der Waals surface area contributed by atoms with E-state index in [-0.39, 0.29) is 0 Å². The van der Waals surface area contributed by atoms with E-state index in [1.807, 2.05) is 42.3 Å². The van der Waals surface area contributed by atoms with Crippen LogP contribution < -0.4 is 5.73 Å². The Balaban J connectivity index is 1.67. The summed E-state index contributed by atoms with van der Waals surface area (Å²) in [5.74, 6) is 1.20. The number of benzene rings is 2. The van der Waals surface area contributed by atoms with Gasteiger partial charge in [-0.3, -0.25) is 9.10 Å². The van der Waals surface area contributed by atoms with Gasteiger partial charge in [-0.1, -0.05) is 42.2 Å². The molecule has 0 unspecified atom stereocenters. The molecule has 1 aliphatic rings. The monoisotopic (exact) mass is 445 g/mol. The Bertz CT molecular complexity index is 1010. The molecule has 0 radical (unpaired) electrons. The molecule has 3 N–H and O–H groups in total. The highest BCUT2D eigenvalue weighted by atomic mass is 35.5. The molecule has 0 aliphatic carbocycles. The van der Waals surface area contributed by atoms with Crippen LogP contribution in [0.4, 0.5) is 0 Å². The lowest BCUT2D eigenvalue weighted by Gasteiger charge is -2.30. The first-order valence-electron chi connectivity index (χ1n) is 9.81. The number of aromatic amines is 1. The summed E-state index contributed by atoms with van der Waals surface area (Å²) < 4.78 is 2.46. The molecule has 2 heterocycles. The minimum absolute atomic E-state index is 0.406. The minimum Gasteiger partial charge on any atom is -0.366 e. The van der Waals surface area contributed by atoms with Gasteiger partial charge < -0.3 is 10.7 Å². The second-order valence-corrected chi connectivity index (χ2v) is 10.1. The Morgan fingerprint density at radius 2 is 1.93 bits per heavy atom. The maximum atomic E-state index is 12.1. The van der Waals surface area contributed by atoms with Crippen LogP contribution in [0.5, 0.6) is 0 Å². The Morgan fingerprint density at radius 1 is 1.21 bits per heavy atom. The van der Waals surface area contributed by atoms with Crippen molar-refractivity contribution >= 4 is 52.1 Å². The highest BCUT2D eigenvalue weighted by molar-refractivity contribution is 7.99.